The van der Waals surface area contributed by atoms with Crippen molar-refractivity contribution in [2.24, 2.45) is 14.1 Å². The number of amides is 2. The summed E-state index contributed by atoms with van der Waals surface area (Å²) in [7, 11) is 5.70. The Morgan fingerprint density at radius 2 is 1.09 bits per heavy atom. The summed E-state index contributed by atoms with van der Waals surface area (Å²) in [5.41, 5.74) is 0. The van der Waals surface area contributed by atoms with Crippen LogP contribution < -0.4 is 14.5 Å². The number of aromatic nitrogens is 2. The van der Waals surface area contributed by atoms with E-state index in [1.54, 1.807) is 14.0 Å². The monoisotopic (exact) mass is 460 g/mol. The molecule has 2 aromatic rings. The Labute approximate surface area is 196 Å². The molecule has 0 bridgehead atoms. The number of hydrogen-bond donors (Lipinski definition) is 2. The van der Waals surface area contributed by atoms with Crippen LogP contribution in [0.4, 0.5) is 0 Å². The molecule has 3 heterocycles. The molecule has 2 N–H and O–H groups in total. The van der Waals surface area contributed by atoms with E-state index in [-0.39, 0.29) is 23.8 Å². The normalized spacial score (nSPS) is 11.8. The maximum absolute atomic E-state index is 11.0. The second-order valence-electron chi connectivity index (χ2n) is 6.85. The van der Waals surface area contributed by atoms with Gasteiger partial charge in [-0.15, -0.1) is 0 Å². The van der Waals surface area contributed by atoms with Crippen molar-refractivity contribution in [3.63, 3.8) is 0 Å². The number of imide groups is 1. The highest BCUT2D eigenvalue weighted by Crippen LogP contribution is 2.05. The topological polar surface area (TPSA) is 112 Å². The van der Waals surface area contributed by atoms with Crippen LogP contribution in [0.15, 0.2) is 73.3 Å². The number of pyridine rings is 2. The van der Waals surface area contributed by atoms with Gasteiger partial charge >= 0.3 is 0 Å². The number of Topliss-reactive ketones (excluding diaryl/α,β-unsaturated/α-hetero) is 1. The van der Waals surface area contributed by atoms with Crippen molar-refractivity contribution in [1.82, 2.24) is 10.2 Å². The summed E-state index contributed by atoms with van der Waals surface area (Å²) in [4.78, 5) is 41.5. The van der Waals surface area contributed by atoms with Gasteiger partial charge < -0.3 is 15.2 Å². The molecule has 2 aromatic heterocycles. The molecule has 2 amide bonds. The number of carbonyl (C=O) groups is 4. The van der Waals surface area contributed by atoms with E-state index in [4.69, 9.17) is 9.90 Å². The average Bonchev–Trinajstić information content (AvgIpc) is 3.07. The smallest absolute Gasteiger partial charge is 0.300 e. The molecule has 0 radical (unpaired) electrons. The Bertz CT molecular complexity index is 795. The van der Waals surface area contributed by atoms with E-state index in [0.29, 0.717) is 0 Å². The number of carboxylic acid groups (broad SMARTS) is 1. The van der Waals surface area contributed by atoms with Gasteiger partial charge in [0.25, 0.3) is 17.8 Å². The molecular formula is C24H36N4O5+2. The summed E-state index contributed by atoms with van der Waals surface area (Å²) >= 11 is 0. The first-order chi connectivity index (χ1) is 15.4. The number of ketones is 1. The Morgan fingerprint density at radius 1 is 0.818 bits per heavy atom. The van der Waals surface area contributed by atoms with Gasteiger partial charge in [0.1, 0.15) is 19.9 Å². The molecule has 9 heteroatoms. The SMILES string of the molecule is CC(=O)O.CC(C)=O.CNC(C)N1C(=O)C=CC1=O.C[n+]1ccccc1.C[n+]1ccccc1. The molecule has 1 aliphatic rings. The van der Waals surface area contributed by atoms with Crippen LogP contribution >= 0.6 is 0 Å². The third-order valence-corrected chi connectivity index (χ3v) is 3.38. The second kappa shape index (κ2) is 19.0. The molecule has 0 aliphatic carbocycles. The van der Waals surface area contributed by atoms with E-state index < -0.39 is 5.97 Å². The van der Waals surface area contributed by atoms with Crippen LogP contribution in [0.25, 0.3) is 0 Å². The minimum atomic E-state index is -0.833. The first kappa shape index (κ1) is 31.5. The molecule has 0 spiro atoms. The number of carboxylic acids is 1. The molecular weight excluding hydrogens is 424 g/mol. The maximum atomic E-state index is 11.0. The summed E-state index contributed by atoms with van der Waals surface area (Å²) in [5.74, 6) is -1.17. The fourth-order valence-corrected chi connectivity index (χ4v) is 1.89. The molecule has 0 saturated heterocycles. The molecule has 0 aromatic carbocycles. The minimum absolute atomic E-state index is 0.167. The highest BCUT2D eigenvalue weighted by atomic mass is 16.4. The van der Waals surface area contributed by atoms with E-state index in [1.807, 2.05) is 84.4 Å². The number of hydrogen-bond acceptors (Lipinski definition) is 5. The molecule has 3 rings (SSSR count). The van der Waals surface area contributed by atoms with Gasteiger partial charge in [-0.05, 0) is 27.8 Å². The fourth-order valence-electron chi connectivity index (χ4n) is 1.89. The number of aryl methyl sites for hydroxylation is 2. The zero-order valence-electron chi connectivity index (χ0n) is 20.4. The predicted octanol–water partition coefficient (Wildman–Crippen LogP) is 1.19. The number of rotatable bonds is 2. The van der Waals surface area contributed by atoms with Crippen molar-refractivity contribution in [3.8, 4) is 0 Å². The molecule has 0 fully saturated rings. The summed E-state index contributed by atoms with van der Waals surface area (Å²) in [6, 6.07) is 12.0. The Kier molecular flexibility index (Phi) is 18.1. The van der Waals surface area contributed by atoms with Crippen LogP contribution in [-0.4, -0.2) is 46.8 Å². The molecule has 0 saturated carbocycles. The Balaban J connectivity index is 0. The number of carbonyl (C=O) groups excluding carboxylic acids is 3. The van der Waals surface area contributed by atoms with Crippen molar-refractivity contribution >= 4 is 23.6 Å². The summed E-state index contributed by atoms with van der Waals surface area (Å²) in [6.45, 7) is 5.89. The van der Waals surface area contributed by atoms with Gasteiger partial charge in [0, 0.05) is 43.3 Å². The first-order valence-electron chi connectivity index (χ1n) is 10.1. The summed E-state index contributed by atoms with van der Waals surface area (Å²) < 4.78 is 4.00. The van der Waals surface area contributed by atoms with E-state index in [9.17, 15) is 14.4 Å². The predicted molar refractivity (Wildman–Crippen MR) is 124 cm³/mol. The van der Waals surface area contributed by atoms with Gasteiger partial charge in [-0.3, -0.25) is 19.3 Å². The highest BCUT2D eigenvalue weighted by molar-refractivity contribution is 6.13. The Hall–Kier alpha value is -3.72. The quantitative estimate of drug-likeness (QED) is 0.514. The molecule has 33 heavy (non-hydrogen) atoms. The summed E-state index contributed by atoms with van der Waals surface area (Å²) in [6.07, 6.45) is 10.3. The lowest BCUT2D eigenvalue weighted by Crippen LogP contribution is -2.45. The highest BCUT2D eigenvalue weighted by Gasteiger charge is 2.26. The van der Waals surface area contributed by atoms with E-state index >= 15 is 0 Å². The molecule has 1 atom stereocenters. The lowest BCUT2D eigenvalue weighted by molar-refractivity contribution is -0.671. The van der Waals surface area contributed by atoms with E-state index in [0.717, 1.165) is 6.92 Å². The van der Waals surface area contributed by atoms with Gasteiger partial charge in [-0.25, -0.2) is 9.13 Å². The van der Waals surface area contributed by atoms with Crippen molar-refractivity contribution < 1.29 is 33.4 Å². The van der Waals surface area contributed by atoms with Gasteiger partial charge in [0.05, 0.1) is 6.17 Å². The minimum Gasteiger partial charge on any atom is -0.481 e. The van der Waals surface area contributed by atoms with Crippen molar-refractivity contribution in [2.45, 2.75) is 33.9 Å². The zero-order chi connectivity index (χ0) is 25.8. The van der Waals surface area contributed by atoms with Crippen LogP contribution in [0.3, 0.4) is 0 Å². The maximum Gasteiger partial charge on any atom is 0.300 e. The van der Waals surface area contributed by atoms with Crippen LogP contribution in [-0.2, 0) is 33.3 Å². The lowest BCUT2D eigenvalue weighted by atomic mass is 10.4. The van der Waals surface area contributed by atoms with Gasteiger partial charge in [0.2, 0.25) is 0 Å². The number of aliphatic carboxylic acids is 1. The third kappa shape index (κ3) is 20.0. The lowest BCUT2D eigenvalue weighted by Gasteiger charge is -2.21. The van der Waals surface area contributed by atoms with Gasteiger partial charge in [-0.2, -0.15) is 0 Å². The molecule has 1 unspecified atom stereocenters. The van der Waals surface area contributed by atoms with Crippen molar-refractivity contribution in [3.05, 3.63) is 73.3 Å². The van der Waals surface area contributed by atoms with Crippen LogP contribution in [0.5, 0.6) is 0 Å². The second-order valence-corrected chi connectivity index (χ2v) is 6.85. The third-order valence-electron chi connectivity index (χ3n) is 3.38. The van der Waals surface area contributed by atoms with Crippen molar-refractivity contribution in [1.29, 1.82) is 0 Å². The van der Waals surface area contributed by atoms with Gasteiger partial charge in [-0.1, -0.05) is 12.1 Å². The Morgan fingerprint density at radius 3 is 1.27 bits per heavy atom. The number of nitrogens with zero attached hydrogens (tertiary/aromatic N) is 3. The molecule has 9 nitrogen and oxygen atoms in total. The van der Waals surface area contributed by atoms with Crippen molar-refractivity contribution in [2.75, 3.05) is 7.05 Å². The summed E-state index contributed by atoms with van der Waals surface area (Å²) in [5, 5.41) is 10.2. The zero-order valence-corrected chi connectivity index (χ0v) is 20.4. The van der Waals surface area contributed by atoms with E-state index in [1.165, 1.54) is 30.9 Å². The van der Waals surface area contributed by atoms with Crippen LogP contribution in [0.1, 0.15) is 27.7 Å². The first-order valence-corrected chi connectivity index (χ1v) is 10.1. The number of nitrogens with one attached hydrogen (secondary N) is 1. The van der Waals surface area contributed by atoms with Gasteiger partial charge in [0.15, 0.2) is 24.8 Å². The van der Waals surface area contributed by atoms with E-state index in [2.05, 4.69) is 5.32 Å². The molecule has 180 valence electrons. The van der Waals surface area contributed by atoms with Crippen LogP contribution in [0.2, 0.25) is 0 Å². The van der Waals surface area contributed by atoms with Crippen LogP contribution in [0, 0.1) is 0 Å². The fraction of sp³-hybridized carbons (Fsp3) is 0.333. The standard InChI is InChI=1S/C7H10N2O2.2C6H8N.C3H6O.C2H4O2/c1-5(8-2)9-6(10)3-4-7(9)11;2*1-7-5-3-2-4-6-7;1-3(2)4;1-2(3)4/h3-5,8H,1-2H3;2*2-6H,1H3;1-2H3;1H3,(H,3,4)/q;2*+1;;. The average molecular weight is 461 g/mol. The molecule has 1 aliphatic heterocycles. The largest absolute Gasteiger partial charge is 0.481 e.